The maximum Gasteiger partial charge on any atom is 0.0957 e. The molecule has 0 saturated carbocycles. The third-order valence-electron chi connectivity index (χ3n) is 2.59. The second kappa shape index (κ2) is 5.98. The molecule has 0 spiro atoms. The van der Waals surface area contributed by atoms with Gasteiger partial charge < -0.3 is 15.2 Å². The number of ether oxygens (including phenoxy) is 2. The Morgan fingerprint density at radius 1 is 1.57 bits per heavy atom. The van der Waals surface area contributed by atoms with Crippen molar-refractivity contribution in [2.24, 2.45) is 17.6 Å². The van der Waals surface area contributed by atoms with Gasteiger partial charge in [-0.3, -0.25) is 5.41 Å². The standard InChI is InChI=1S/C10H20N2O2/c1-8(10(11)12)6-14-7-9-2-4-13-5-3-9/h8-9H,2-7H2,1H3,(H3,11,12). The van der Waals surface area contributed by atoms with Gasteiger partial charge in [-0.1, -0.05) is 6.92 Å². The topological polar surface area (TPSA) is 68.3 Å². The molecule has 1 saturated heterocycles. The van der Waals surface area contributed by atoms with Gasteiger partial charge in [-0.15, -0.1) is 0 Å². The van der Waals surface area contributed by atoms with Gasteiger partial charge in [0.15, 0.2) is 0 Å². The third-order valence-corrected chi connectivity index (χ3v) is 2.59. The lowest BCUT2D eigenvalue weighted by Crippen LogP contribution is -2.26. The average Bonchev–Trinajstić information content (AvgIpc) is 2.19. The van der Waals surface area contributed by atoms with E-state index in [1.807, 2.05) is 6.92 Å². The van der Waals surface area contributed by atoms with Crippen LogP contribution in [0.3, 0.4) is 0 Å². The van der Waals surface area contributed by atoms with Crippen LogP contribution in [0.4, 0.5) is 0 Å². The molecule has 3 N–H and O–H groups in total. The van der Waals surface area contributed by atoms with Crippen LogP contribution in [0.1, 0.15) is 19.8 Å². The van der Waals surface area contributed by atoms with Crippen molar-refractivity contribution in [1.82, 2.24) is 0 Å². The molecular weight excluding hydrogens is 180 g/mol. The highest BCUT2D eigenvalue weighted by Gasteiger charge is 2.14. The highest BCUT2D eigenvalue weighted by atomic mass is 16.5. The van der Waals surface area contributed by atoms with Crippen molar-refractivity contribution in [1.29, 1.82) is 5.41 Å². The molecule has 82 valence electrons. The largest absolute Gasteiger partial charge is 0.387 e. The van der Waals surface area contributed by atoms with Gasteiger partial charge in [-0.25, -0.2) is 0 Å². The van der Waals surface area contributed by atoms with Crippen molar-refractivity contribution in [2.75, 3.05) is 26.4 Å². The molecule has 1 unspecified atom stereocenters. The Hall–Kier alpha value is -0.610. The summed E-state index contributed by atoms with van der Waals surface area (Å²) in [6.07, 6.45) is 2.18. The van der Waals surface area contributed by atoms with Crippen molar-refractivity contribution in [2.45, 2.75) is 19.8 Å². The Morgan fingerprint density at radius 3 is 2.79 bits per heavy atom. The van der Waals surface area contributed by atoms with Crippen LogP contribution < -0.4 is 5.73 Å². The first-order chi connectivity index (χ1) is 6.70. The zero-order chi connectivity index (χ0) is 10.4. The molecule has 0 aliphatic carbocycles. The third kappa shape index (κ3) is 4.07. The molecule has 0 radical (unpaired) electrons. The molecule has 1 atom stereocenters. The lowest BCUT2D eigenvalue weighted by molar-refractivity contribution is 0.0172. The van der Waals surface area contributed by atoms with E-state index in [0.717, 1.165) is 32.7 Å². The van der Waals surface area contributed by atoms with Gasteiger partial charge in [0.05, 0.1) is 12.4 Å². The van der Waals surface area contributed by atoms with E-state index in [9.17, 15) is 0 Å². The molecular formula is C10H20N2O2. The molecule has 4 nitrogen and oxygen atoms in total. The van der Waals surface area contributed by atoms with Crippen molar-refractivity contribution < 1.29 is 9.47 Å². The summed E-state index contributed by atoms with van der Waals surface area (Å²) in [6, 6.07) is 0. The Labute approximate surface area is 85.3 Å². The van der Waals surface area contributed by atoms with Crippen LogP contribution in [0.25, 0.3) is 0 Å². The Morgan fingerprint density at radius 2 is 2.21 bits per heavy atom. The van der Waals surface area contributed by atoms with Crippen molar-refractivity contribution in [3.8, 4) is 0 Å². The summed E-state index contributed by atoms with van der Waals surface area (Å²) in [5.41, 5.74) is 5.34. The van der Waals surface area contributed by atoms with Crippen molar-refractivity contribution in [3.63, 3.8) is 0 Å². The summed E-state index contributed by atoms with van der Waals surface area (Å²) in [4.78, 5) is 0. The number of nitrogens with two attached hydrogens (primary N) is 1. The molecule has 4 heteroatoms. The number of rotatable bonds is 5. The highest BCUT2D eigenvalue weighted by Crippen LogP contribution is 2.14. The molecule has 1 fully saturated rings. The van der Waals surface area contributed by atoms with E-state index in [2.05, 4.69) is 0 Å². The molecule has 1 aliphatic heterocycles. The number of hydrogen-bond acceptors (Lipinski definition) is 3. The second-order valence-electron chi connectivity index (χ2n) is 3.95. The van der Waals surface area contributed by atoms with Crippen LogP contribution in [0.2, 0.25) is 0 Å². The van der Waals surface area contributed by atoms with Gasteiger partial charge in [0.25, 0.3) is 0 Å². The lowest BCUT2D eigenvalue weighted by atomic mass is 10.0. The van der Waals surface area contributed by atoms with Gasteiger partial charge in [0, 0.05) is 25.7 Å². The zero-order valence-corrected chi connectivity index (χ0v) is 8.79. The van der Waals surface area contributed by atoms with Gasteiger partial charge in [0.1, 0.15) is 0 Å². The predicted octanol–water partition coefficient (Wildman–Crippen LogP) is 1.00. The Bertz CT molecular complexity index is 179. The van der Waals surface area contributed by atoms with Crippen LogP contribution in [0.15, 0.2) is 0 Å². The maximum atomic E-state index is 7.20. The molecule has 1 heterocycles. The molecule has 14 heavy (non-hydrogen) atoms. The van der Waals surface area contributed by atoms with Crippen LogP contribution in [0, 0.1) is 17.2 Å². The first kappa shape index (κ1) is 11.5. The second-order valence-corrected chi connectivity index (χ2v) is 3.95. The van der Waals surface area contributed by atoms with Crippen molar-refractivity contribution >= 4 is 5.84 Å². The van der Waals surface area contributed by atoms with Gasteiger partial charge >= 0.3 is 0 Å². The minimum atomic E-state index is 0.0369. The zero-order valence-electron chi connectivity index (χ0n) is 8.79. The van der Waals surface area contributed by atoms with Gasteiger partial charge in [-0.2, -0.15) is 0 Å². The first-order valence-electron chi connectivity index (χ1n) is 5.19. The minimum Gasteiger partial charge on any atom is -0.387 e. The van der Waals surface area contributed by atoms with Crippen molar-refractivity contribution in [3.05, 3.63) is 0 Å². The first-order valence-corrected chi connectivity index (χ1v) is 5.19. The summed E-state index contributed by atoms with van der Waals surface area (Å²) in [7, 11) is 0. The number of nitrogens with one attached hydrogen (secondary N) is 1. The van der Waals surface area contributed by atoms with E-state index in [4.69, 9.17) is 20.6 Å². The average molecular weight is 200 g/mol. The number of amidine groups is 1. The number of hydrogen-bond donors (Lipinski definition) is 2. The smallest absolute Gasteiger partial charge is 0.0957 e. The SMILES string of the molecule is CC(COCC1CCOCC1)C(=N)N. The van der Waals surface area contributed by atoms with Gasteiger partial charge in [-0.05, 0) is 18.8 Å². The molecule has 0 amide bonds. The van der Waals surface area contributed by atoms with Crippen LogP contribution in [-0.2, 0) is 9.47 Å². The highest BCUT2D eigenvalue weighted by molar-refractivity contribution is 5.79. The fraction of sp³-hybridized carbons (Fsp3) is 0.900. The monoisotopic (exact) mass is 200 g/mol. The van der Waals surface area contributed by atoms with Crippen LogP contribution in [0.5, 0.6) is 0 Å². The van der Waals surface area contributed by atoms with E-state index in [1.165, 1.54) is 0 Å². The normalized spacial score (nSPS) is 20.6. The lowest BCUT2D eigenvalue weighted by Gasteiger charge is -2.22. The van der Waals surface area contributed by atoms with E-state index in [0.29, 0.717) is 12.5 Å². The Balaban J connectivity index is 2.05. The van der Waals surface area contributed by atoms with E-state index in [1.54, 1.807) is 0 Å². The fourth-order valence-corrected chi connectivity index (χ4v) is 1.41. The molecule has 0 aromatic heterocycles. The Kier molecular flexibility index (Phi) is 4.90. The molecule has 1 rings (SSSR count). The minimum absolute atomic E-state index is 0.0369. The van der Waals surface area contributed by atoms with E-state index < -0.39 is 0 Å². The van der Waals surface area contributed by atoms with Crippen LogP contribution >= 0.6 is 0 Å². The van der Waals surface area contributed by atoms with Gasteiger partial charge in [0.2, 0.25) is 0 Å². The quantitative estimate of drug-likeness (QED) is 0.514. The maximum absolute atomic E-state index is 7.20. The summed E-state index contributed by atoms with van der Waals surface area (Å²) >= 11 is 0. The summed E-state index contributed by atoms with van der Waals surface area (Å²) in [6.45, 7) is 4.96. The molecule has 0 aromatic carbocycles. The predicted molar refractivity (Wildman–Crippen MR) is 55.4 cm³/mol. The fourth-order valence-electron chi connectivity index (χ4n) is 1.41. The summed E-state index contributed by atoms with van der Waals surface area (Å²) < 4.78 is 10.8. The molecule has 0 bridgehead atoms. The van der Waals surface area contributed by atoms with Crippen LogP contribution in [-0.4, -0.2) is 32.3 Å². The molecule has 1 aliphatic rings. The van der Waals surface area contributed by atoms with E-state index >= 15 is 0 Å². The summed E-state index contributed by atoms with van der Waals surface area (Å²) in [5, 5.41) is 7.20. The molecule has 0 aromatic rings. The van der Waals surface area contributed by atoms with E-state index in [-0.39, 0.29) is 11.8 Å². The summed E-state index contributed by atoms with van der Waals surface area (Å²) in [5.74, 6) is 0.870.